The van der Waals surface area contributed by atoms with E-state index >= 15 is 0 Å². The number of hydrogen-bond donors (Lipinski definition) is 1. The Morgan fingerprint density at radius 1 is 1.21 bits per heavy atom. The van der Waals surface area contributed by atoms with E-state index in [1.807, 2.05) is 6.07 Å². The van der Waals surface area contributed by atoms with E-state index in [1.54, 1.807) is 0 Å². The molecule has 0 spiro atoms. The molecule has 1 aromatic rings. The first-order valence-corrected chi connectivity index (χ1v) is 5.02. The fraction of sp³-hybridized carbons (Fsp3) is 0.455. The second-order valence-corrected chi connectivity index (χ2v) is 3.87. The van der Waals surface area contributed by atoms with Gasteiger partial charge in [0.2, 0.25) is 0 Å². The third kappa shape index (κ3) is 1.09. The number of ether oxygens (including phenoxy) is 2. The standard InChI is InChI=1S/C11H13NO2/c12-9-6-14-11-4-7-2-1-3-13-10(7)5-8(9)11/h4-5,9H,1-3,6,12H2. The Bertz CT molecular complexity index is 375. The average Bonchev–Trinajstić information content (AvgIpc) is 2.57. The van der Waals surface area contributed by atoms with Crippen LogP contribution in [-0.2, 0) is 6.42 Å². The van der Waals surface area contributed by atoms with Crippen LogP contribution in [0.25, 0.3) is 0 Å². The molecule has 1 aromatic carbocycles. The lowest BCUT2D eigenvalue weighted by Crippen LogP contribution is -2.12. The molecule has 0 radical (unpaired) electrons. The van der Waals surface area contributed by atoms with E-state index in [0.717, 1.165) is 36.5 Å². The molecular formula is C11H13NO2. The van der Waals surface area contributed by atoms with Crippen molar-refractivity contribution in [3.63, 3.8) is 0 Å². The van der Waals surface area contributed by atoms with Crippen molar-refractivity contribution in [1.82, 2.24) is 0 Å². The number of hydrogen-bond acceptors (Lipinski definition) is 3. The molecule has 1 unspecified atom stereocenters. The van der Waals surface area contributed by atoms with Crippen molar-refractivity contribution in [2.24, 2.45) is 5.73 Å². The smallest absolute Gasteiger partial charge is 0.124 e. The van der Waals surface area contributed by atoms with Gasteiger partial charge in [-0.15, -0.1) is 0 Å². The van der Waals surface area contributed by atoms with Crippen molar-refractivity contribution in [1.29, 1.82) is 0 Å². The molecule has 14 heavy (non-hydrogen) atoms. The van der Waals surface area contributed by atoms with Crippen LogP contribution >= 0.6 is 0 Å². The number of aryl methyl sites for hydroxylation is 1. The molecule has 0 bridgehead atoms. The van der Waals surface area contributed by atoms with E-state index in [0.29, 0.717) is 6.61 Å². The van der Waals surface area contributed by atoms with Crippen molar-refractivity contribution in [3.05, 3.63) is 23.3 Å². The predicted octanol–water partition coefficient (Wildman–Crippen LogP) is 1.40. The Hall–Kier alpha value is -1.22. The third-order valence-electron chi connectivity index (χ3n) is 2.86. The zero-order chi connectivity index (χ0) is 9.54. The van der Waals surface area contributed by atoms with E-state index in [4.69, 9.17) is 15.2 Å². The summed E-state index contributed by atoms with van der Waals surface area (Å²) in [7, 11) is 0. The average molecular weight is 191 g/mol. The lowest BCUT2D eigenvalue weighted by atomic mass is 10.0. The highest BCUT2D eigenvalue weighted by Crippen LogP contribution is 2.38. The maximum Gasteiger partial charge on any atom is 0.124 e. The summed E-state index contributed by atoms with van der Waals surface area (Å²) in [6.45, 7) is 1.42. The van der Waals surface area contributed by atoms with Gasteiger partial charge in [-0.3, -0.25) is 0 Å². The Balaban J connectivity index is 2.11. The van der Waals surface area contributed by atoms with Crippen LogP contribution < -0.4 is 15.2 Å². The van der Waals surface area contributed by atoms with Gasteiger partial charge in [0, 0.05) is 5.56 Å². The van der Waals surface area contributed by atoms with Crippen molar-refractivity contribution in [2.45, 2.75) is 18.9 Å². The molecule has 74 valence electrons. The Morgan fingerprint density at radius 3 is 3.07 bits per heavy atom. The molecule has 0 aromatic heterocycles. The van der Waals surface area contributed by atoms with Crippen LogP contribution in [0.1, 0.15) is 23.6 Å². The molecule has 2 N–H and O–H groups in total. The van der Waals surface area contributed by atoms with Gasteiger partial charge in [0.05, 0.1) is 12.6 Å². The van der Waals surface area contributed by atoms with Gasteiger partial charge in [-0.25, -0.2) is 0 Å². The number of rotatable bonds is 0. The first kappa shape index (κ1) is 8.12. The van der Waals surface area contributed by atoms with Crippen molar-refractivity contribution in [3.8, 4) is 11.5 Å². The number of fused-ring (bicyclic) bond motifs is 2. The van der Waals surface area contributed by atoms with Gasteiger partial charge < -0.3 is 15.2 Å². The second kappa shape index (κ2) is 2.89. The van der Waals surface area contributed by atoms with E-state index in [9.17, 15) is 0 Å². The van der Waals surface area contributed by atoms with Crippen molar-refractivity contribution < 1.29 is 9.47 Å². The molecule has 2 aliphatic rings. The van der Waals surface area contributed by atoms with Gasteiger partial charge in [-0.1, -0.05) is 0 Å². The normalized spacial score (nSPS) is 23.4. The summed E-state index contributed by atoms with van der Waals surface area (Å²) in [6.07, 6.45) is 2.18. The highest BCUT2D eigenvalue weighted by Gasteiger charge is 2.24. The van der Waals surface area contributed by atoms with E-state index in [1.165, 1.54) is 5.56 Å². The summed E-state index contributed by atoms with van der Waals surface area (Å²) in [5, 5.41) is 0. The van der Waals surface area contributed by atoms with Gasteiger partial charge in [0.15, 0.2) is 0 Å². The van der Waals surface area contributed by atoms with Crippen LogP contribution in [0.5, 0.6) is 11.5 Å². The summed E-state index contributed by atoms with van der Waals surface area (Å²) in [5.74, 6) is 1.94. The van der Waals surface area contributed by atoms with Crippen molar-refractivity contribution in [2.75, 3.05) is 13.2 Å². The minimum atomic E-state index is 0.0147. The molecule has 3 nitrogen and oxygen atoms in total. The minimum absolute atomic E-state index is 0.0147. The predicted molar refractivity (Wildman–Crippen MR) is 52.7 cm³/mol. The van der Waals surface area contributed by atoms with E-state index in [2.05, 4.69) is 6.07 Å². The molecule has 3 rings (SSSR count). The van der Waals surface area contributed by atoms with Gasteiger partial charge in [0.1, 0.15) is 18.1 Å². The van der Waals surface area contributed by atoms with E-state index in [-0.39, 0.29) is 6.04 Å². The molecule has 0 saturated carbocycles. The van der Waals surface area contributed by atoms with Gasteiger partial charge in [-0.05, 0) is 30.5 Å². The fourth-order valence-electron chi connectivity index (χ4n) is 2.08. The maximum atomic E-state index is 5.90. The highest BCUT2D eigenvalue weighted by atomic mass is 16.5. The zero-order valence-electron chi connectivity index (χ0n) is 7.95. The van der Waals surface area contributed by atoms with Crippen LogP contribution in [0.15, 0.2) is 12.1 Å². The monoisotopic (exact) mass is 191 g/mol. The molecule has 1 atom stereocenters. The summed E-state index contributed by atoms with van der Waals surface area (Å²) in [5.41, 5.74) is 8.24. The molecule has 0 fully saturated rings. The van der Waals surface area contributed by atoms with Crippen LogP contribution in [0.4, 0.5) is 0 Å². The maximum absolute atomic E-state index is 5.90. The summed E-state index contributed by atoms with van der Waals surface area (Å²) < 4.78 is 11.1. The topological polar surface area (TPSA) is 44.5 Å². The summed E-state index contributed by atoms with van der Waals surface area (Å²) in [4.78, 5) is 0. The van der Waals surface area contributed by atoms with Gasteiger partial charge >= 0.3 is 0 Å². The summed E-state index contributed by atoms with van der Waals surface area (Å²) in [6, 6.07) is 4.14. The van der Waals surface area contributed by atoms with Crippen LogP contribution in [0, 0.1) is 0 Å². The van der Waals surface area contributed by atoms with Crippen LogP contribution in [0.2, 0.25) is 0 Å². The molecule has 0 amide bonds. The van der Waals surface area contributed by atoms with Crippen LogP contribution in [0.3, 0.4) is 0 Å². The molecule has 0 saturated heterocycles. The lowest BCUT2D eigenvalue weighted by Gasteiger charge is -2.18. The van der Waals surface area contributed by atoms with Crippen LogP contribution in [-0.4, -0.2) is 13.2 Å². The summed E-state index contributed by atoms with van der Waals surface area (Å²) >= 11 is 0. The molecular weight excluding hydrogens is 178 g/mol. The quantitative estimate of drug-likeness (QED) is 0.674. The Kier molecular flexibility index (Phi) is 1.67. The number of benzene rings is 1. The Morgan fingerprint density at radius 2 is 2.14 bits per heavy atom. The minimum Gasteiger partial charge on any atom is -0.493 e. The first-order valence-electron chi connectivity index (χ1n) is 5.02. The SMILES string of the molecule is NC1COc2cc3c(cc21)OCCC3. The fourth-order valence-corrected chi connectivity index (χ4v) is 2.08. The Labute approximate surface area is 82.8 Å². The first-order chi connectivity index (χ1) is 6.84. The second-order valence-electron chi connectivity index (χ2n) is 3.87. The third-order valence-corrected chi connectivity index (χ3v) is 2.86. The van der Waals surface area contributed by atoms with E-state index < -0.39 is 0 Å². The van der Waals surface area contributed by atoms with Gasteiger partial charge in [-0.2, -0.15) is 0 Å². The van der Waals surface area contributed by atoms with Gasteiger partial charge in [0.25, 0.3) is 0 Å². The highest BCUT2D eigenvalue weighted by molar-refractivity contribution is 5.50. The zero-order valence-corrected chi connectivity index (χ0v) is 7.95. The molecule has 2 heterocycles. The van der Waals surface area contributed by atoms with Crippen molar-refractivity contribution >= 4 is 0 Å². The largest absolute Gasteiger partial charge is 0.493 e. The molecule has 2 aliphatic heterocycles. The lowest BCUT2D eigenvalue weighted by molar-refractivity contribution is 0.287. The number of nitrogens with two attached hydrogens (primary N) is 1. The molecule has 0 aliphatic carbocycles. The molecule has 3 heteroatoms.